The molecule has 17 heavy (non-hydrogen) atoms. The highest BCUT2D eigenvalue weighted by Gasteiger charge is 2.21. The van der Waals surface area contributed by atoms with Gasteiger partial charge >= 0.3 is 0 Å². The monoisotopic (exact) mass is 240 g/mol. The van der Waals surface area contributed by atoms with E-state index < -0.39 is 0 Å². The fourth-order valence-corrected chi connectivity index (χ4v) is 2.57. The maximum absolute atomic E-state index is 3.62. The van der Waals surface area contributed by atoms with Crippen molar-refractivity contribution in [2.24, 2.45) is 11.8 Å². The molecule has 1 unspecified atom stereocenters. The standard InChI is InChI=1S/C15H32N2/c1-12(2)14(4)16-10-11-17(5)15-8-6-13(3)7-9-15/h12-16H,6-11H2,1-5H3. The van der Waals surface area contributed by atoms with Gasteiger partial charge in [0, 0.05) is 25.2 Å². The third kappa shape index (κ3) is 5.39. The van der Waals surface area contributed by atoms with Gasteiger partial charge in [-0.3, -0.25) is 0 Å². The van der Waals surface area contributed by atoms with E-state index in [1.165, 1.54) is 32.2 Å². The fourth-order valence-electron chi connectivity index (χ4n) is 2.57. The average molecular weight is 240 g/mol. The summed E-state index contributed by atoms with van der Waals surface area (Å²) in [6.07, 6.45) is 5.64. The molecule has 0 spiro atoms. The molecule has 1 saturated carbocycles. The summed E-state index contributed by atoms with van der Waals surface area (Å²) in [5.41, 5.74) is 0. The Kier molecular flexibility index (Phi) is 6.50. The molecule has 0 saturated heterocycles. The lowest BCUT2D eigenvalue weighted by atomic mass is 9.87. The van der Waals surface area contributed by atoms with Crippen molar-refractivity contribution in [1.29, 1.82) is 0 Å². The van der Waals surface area contributed by atoms with Crippen molar-refractivity contribution in [3.8, 4) is 0 Å². The predicted octanol–water partition coefficient (Wildman–Crippen LogP) is 3.13. The molecule has 0 aliphatic heterocycles. The van der Waals surface area contributed by atoms with E-state index in [-0.39, 0.29) is 0 Å². The van der Waals surface area contributed by atoms with Crippen LogP contribution in [-0.2, 0) is 0 Å². The summed E-state index contributed by atoms with van der Waals surface area (Å²) < 4.78 is 0. The molecule has 1 aliphatic carbocycles. The highest BCUT2D eigenvalue weighted by atomic mass is 15.1. The number of hydrogen-bond acceptors (Lipinski definition) is 2. The third-order valence-corrected chi connectivity index (χ3v) is 4.54. The van der Waals surface area contributed by atoms with Crippen LogP contribution in [0.5, 0.6) is 0 Å². The SMILES string of the molecule is CC1CCC(N(C)CCNC(C)C(C)C)CC1. The van der Waals surface area contributed by atoms with Gasteiger partial charge in [-0.2, -0.15) is 0 Å². The highest BCUT2D eigenvalue weighted by Crippen LogP contribution is 2.26. The first kappa shape index (κ1) is 15.0. The average Bonchev–Trinajstić information content (AvgIpc) is 2.29. The van der Waals surface area contributed by atoms with Crippen molar-refractivity contribution in [3.63, 3.8) is 0 Å². The molecule has 0 bridgehead atoms. The van der Waals surface area contributed by atoms with Crippen LogP contribution < -0.4 is 5.32 Å². The minimum Gasteiger partial charge on any atom is -0.313 e. The maximum Gasteiger partial charge on any atom is 0.0107 e. The van der Waals surface area contributed by atoms with Crippen molar-refractivity contribution in [3.05, 3.63) is 0 Å². The molecule has 0 aromatic rings. The number of likely N-dealkylation sites (N-methyl/N-ethyl adjacent to an activating group) is 1. The Bertz CT molecular complexity index is 195. The van der Waals surface area contributed by atoms with Crippen LogP contribution >= 0.6 is 0 Å². The van der Waals surface area contributed by atoms with Crippen LogP contribution in [0.15, 0.2) is 0 Å². The van der Waals surface area contributed by atoms with E-state index in [1.54, 1.807) is 0 Å². The molecular formula is C15H32N2. The van der Waals surface area contributed by atoms with E-state index >= 15 is 0 Å². The highest BCUT2D eigenvalue weighted by molar-refractivity contribution is 4.77. The summed E-state index contributed by atoms with van der Waals surface area (Å²) >= 11 is 0. The van der Waals surface area contributed by atoms with Gasteiger partial charge in [-0.05, 0) is 51.5 Å². The lowest BCUT2D eigenvalue weighted by Gasteiger charge is -2.34. The molecule has 0 aromatic carbocycles. The van der Waals surface area contributed by atoms with Crippen LogP contribution in [0.3, 0.4) is 0 Å². The second-order valence-electron chi connectivity index (χ2n) is 6.38. The van der Waals surface area contributed by atoms with Gasteiger partial charge in [0.2, 0.25) is 0 Å². The number of hydrogen-bond donors (Lipinski definition) is 1. The molecule has 1 atom stereocenters. The molecule has 2 nitrogen and oxygen atoms in total. The minimum absolute atomic E-state index is 0.634. The molecule has 1 N–H and O–H groups in total. The first-order chi connectivity index (χ1) is 8.00. The van der Waals surface area contributed by atoms with Crippen LogP contribution in [0.25, 0.3) is 0 Å². The van der Waals surface area contributed by atoms with E-state index in [9.17, 15) is 0 Å². The predicted molar refractivity (Wildman–Crippen MR) is 76.4 cm³/mol. The summed E-state index contributed by atoms with van der Waals surface area (Å²) in [7, 11) is 2.29. The van der Waals surface area contributed by atoms with Crippen molar-refractivity contribution in [2.75, 3.05) is 20.1 Å². The van der Waals surface area contributed by atoms with Crippen molar-refractivity contribution in [2.45, 2.75) is 65.5 Å². The van der Waals surface area contributed by atoms with Gasteiger partial charge in [0.05, 0.1) is 0 Å². The fraction of sp³-hybridized carbons (Fsp3) is 1.00. The van der Waals surface area contributed by atoms with Gasteiger partial charge in [-0.1, -0.05) is 20.8 Å². The van der Waals surface area contributed by atoms with E-state index in [0.717, 1.165) is 24.4 Å². The molecule has 102 valence electrons. The van der Waals surface area contributed by atoms with Gasteiger partial charge in [-0.25, -0.2) is 0 Å². The Morgan fingerprint density at radius 3 is 2.24 bits per heavy atom. The second kappa shape index (κ2) is 7.38. The minimum atomic E-state index is 0.634. The van der Waals surface area contributed by atoms with Crippen LogP contribution in [0.2, 0.25) is 0 Å². The van der Waals surface area contributed by atoms with Gasteiger partial charge < -0.3 is 10.2 Å². The first-order valence-corrected chi connectivity index (χ1v) is 7.44. The van der Waals surface area contributed by atoms with Crippen LogP contribution in [0.1, 0.15) is 53.4 Å². The molecule has 0 radical (unpaired) electrons. The van der Waals surface area contributed by atoms with E-state index in [1.807, 2.05) is 0 Å². The van der Waals surface area contributed by atoms with Crippen LogP contribution in [-0.4, -0.2) is 37.1 Å². The summed E-state index contributed by atoms with van der Waals surface area (Å²) in [4.78, 5) is 2.56. The van der Waals surface area contributed by atoms with Gasteiger partial charge in [-0.15, -0.1) is 0 Å². The summed E-state index contributed by atoms with van der Waals surface area (Å²) in [6.45, 7) is 11.6. The van der Waals surface area contributed by atoms with Crippen molar-refractivity contribution < 1.29 is 0 Å². The van der Waals surface area contributed by atoms with Crippen molar-refractivity contribution >= 4 is 0 Å². The number of nitrogens with one attached hydrogen (secondary N) is 1. The molecule has 1 aliphatic rings. The van der Waals surface area contributed by atoms with Gasteiger partial charge in [0.1, 0.15) is 0 Å². The number of nitrogens with zero attached hydrogens (tertiary/aromatic N) is 1. The first-order valence-electron chi connectivity index (χ1n) is 7.44. The normalized spacial score (nSPS) is 27.7. The summed E-state index contributed by atoms with van der Waals surface area (Å²) in [6, 6.07) is 1.47. The Balaban J connectivity index is 2.14. The van der Waals surface area contributed by atoms with Crippen molar-refractivity contribution in [1.82, 2.24) is 10.2 Å². The van der Waals surface area contributed by atoms with E-state index in [0.29, 0.717) is 6.04 Å². The zero-order valence-corrected chi connectivity index (χ0v) is 12.5. The smallest absolute Gasteiger partial charge is 0.0107 e. The van der Waals surface area contributed by atoms with E-state index in [2.05, 4.69) is 45.0 Å². The van der Waals surface area contributed by atoms with Gasteiger partial charge in [0.15, 0.2) is 0 Å². The lowest BCUT2D eigenvalue weighted by molar-refractivity contribution is 0.169. The molecule has 1 fully saturated rings. The molecule has 2 heteroatoms. The lowest BCUT2D eigenvalue weighted by Crippen LogP contribution is -2.41. The Morgan fingerprint density at radius 2 is 1.71 bits per heavy atom. The van der Waals surface area contributed by atoms with Crippen LogP contribution in [0.4, 0.5) is 0 Å². The Hall–Kier alpha value is -0.0800. The second-order valence-corrected chi connectivity index (χ2v) is 6.38. The largest absolute Gasteiger partial charge is 0.313 e. The third-order valence-electron chi connectivity index (χ3n) is 4.54. The van der Waals surface area contributed by atoms with E-state index in [4.69, 9.17) is 0 Å². The molecule has 0 heterocycles. The Morgan fingerprint density at radius 1 is 1.12 bits per heavy atom. The topological polar surface area (TPSA) is 15.3 Å². The zero-order valence-electron chi connectivity index (χ0n) is 12.5. The van der Waals surface area contributed by atoms with Gasteiger partial charge in [0.25, 0.3) is 0 Å². The summed E-state index contributed by atoms with van der Waals surface area (Å²) in [5.74, 6) is 1.69. The zero-order chi connectivity index (χ0) is 12.8. The Labute approximate surface area is 108 Å². The van der Waals surface area contributed by atoms with Crippen LogP contribution in [0, 0.1) is 11.8 Å². The summed E-state index contributed by atoms with van der Waals surface area (Å²) in [5, 5.41) is 3.62. The molecule has 0 amide bonds. The molecule has 0 aromatic heterocycles. The number of rotatable bonds is 6. The quantitative estimate of drug-likeness (QED) is 0.767. The molecule has 1 rings (SSSR count). The molecular weight excluding hydrogens is 208 g/mol. The maximum atomic E-state index is 3.62.